The van der Waals surface area contributed by atoms with Gasteiger partial charge in [-0.3, -0.25) is 0 Å². The van der Waals surface area contributed by atoms with Crippen LogP contribution in [-0.2, 0) is 11.8 Å². The number of para-hydroxylation sites is 5. The molecule has 0 fully saturated rings. The summed E-state index contributed by atoms with van der Waals surface area (Å²) < 4.78 is 12.1. The smallest absolute Gasteiger partial charge is 0.134 e. The molecule has 322 valence electrons. The van der Waals surface area contributed by atoms with E-state index in [0.717, 1.165) is 59.0 Å². The van der Waals surface area contributed by atoms with Gasteiger partial charge in [0.25, 0.3) is 0 Å². The van der Waals surface area contributed by atoms with E-state index in [2.05, 4.69) is 232 Å². The van der Waals surface area contributed by atoms with Gasteiger partial charge in [0.2, 0.25) is 0 Å². The molecule has 4 heteroatoms. The molecule has 0 N–H and O–H groups in total. The van der Waals surface area contributed by atoms with Gasteiger partial charge in [-0.2, -0.15) is 0 Å². The molecule has 1 spiro atoms. The second kappa shape index (κ2) is 15.5. The number of ether oxygens (including phenoxy) is 1. The van der Waals surface area contributed by atoms with Crippen molar-refractivity contribution in [1.29, 1.82) is 0 Å². The predicted octanol–water partition coefficient (Wildman–Crippen LogP) is 16.6. The Morgan fingerprint density at radius 3 is 2.13 bits per heavy atom. The van der Waals surface area contributed by atoms with E-state index in [1.807, 2.05) is 13.8 Å². The summed E-state index contributed by atoms with van der Waals surface area (Å²) in [5.74, 6) is 2.14. The number of anilines is 3. The summed E-state index contributed by atoms with van der Waals surface area (Å²) in [4.78, 5) is 2.39. The van der Waals surface area contributed by atoms with Gasteiger partial charge in [0, 0.05) is 67.7 Å². The first-order valence-corrected chi connectivity index (χ1v) is 23.9. The van der Waals surface area contributed by atoms with Crippen LogP contribution in [0.15, 0.2) is 212 Å². The quantitative estimate of drug-likeness (QED) is 0.172. The highest BCUT2D eigenvalue weighted by atomic mass is 16.5. The third kappa shape index (κ3) is 5.72. The molecule has 14 rings (SSSR count). The van der Waals surface area contributed by atoms with Crippen molar-refractivity contribution in [2.24, 2.45) is 0 Å². The number of aryl methyl sites for hydroxylation is 1. The zero-order valence-corrected chi connectivity index (χ0v) is 37.7. The fourth-order valence-corrected chi connectivity index (χ4v) is 11.8. The Hall–Kier alpha value is -8.08. The minimum absolute atomic E-state index is 0.410. The summed E-state index contributed by atoms with van der Waals surface area (Å²) in [6.45, 7) is 4.00. The summed E-state index contributed by atoms with van der Waals surface area (Å²) >= 11 is 0. The first kappa shape index (κ1) is 39.3. The SMILES string of the molecule is C1=CCC(c2ccc(-n3c4c(c5ccc(N(c6ccccc6)c6ccc7c(c6)Oc6ccccc6C76c7ccccc7-n7c8ccccc8c8cccc6c87)cc53)CCC=C4)cc2)C=C1.CC. The Kier molecular flexibility index (Phi) is 9.11. The molecule has 2 aliphatic carbocycles. The molecule has 0 saturated carbocycles. The normalized spacial score (nSPS) is 17.1. The summed E-state index contributed by atoms with van der Waals surface area (Å²) in [5, 5.41) is 3.83. The van der Waals surface area contributed by atoms with E-state index < -0.39 is 5.41 Å². The molecule has 2 atom stereocenters. The van der Waals surface area contributed by atoms with Crippen LogP contribution in [0.4, 0.5) is 17.1 Å². The Morgan fingerprint density at radius 1 is 0.537 bits per heavy atom. The van der Waals surface area contributed by atoms with Crippen LogP contribution in [0.1, 0.15) is 71.7 Å². The Labute approximate surface area is 391 Å². The van der Waals surface area contributed by atoms with Crippen molar-refractivity contribution >= 4 is 55.8 Å². The van der Waals surface area contributed by atoms with Gasteiger partial charge in [0.15, 0.2) is 0 Å². The van der Waals surface area contributed by atoms with Crippen LogP contribution < -0.4 is 9.64 Å². The van der Waals surface area contributed by atoms with Crippen LogP contribution >= 0.6 is 0 Å². The number of benzene rings is 8. The average molecular weight is 864 g/mol. The van der Waals surface area contributed by atoms with E-state index in [-0.39, 0.29) is 0 Å². The maximum atomic E-state index is 7.13. The molecule has 0 radical (unpaired) electrons. The molecular formula is C63H49N3O. The summed E-state index contributed by atoms with van der Waals surface area (Å²) in [5.41, 5.74) is 17.4. The molecule has 0 amide bonds. The molecule has 2 aliphatic heterocycles. The number of hydrogen-bond acceptors (Lipinski definition) is 2. The minimum atomic E-state index is -0.632. The minimum Gasteiger partial charge on any atom is -0.457 e. The number of fused-ring (bicyclic) bond motifs is 14. The van der Waals surface area contributed by atoms with Gasteiger partial charge >= 0.3 is 0 Å². The highest BCUT2D eigenvalue weighted by molar-refractivity contribution is 6.12. The van der Waals surface area contributed by atoms with Crippen molar-refractivity contribution in [2.75, 3.05) is 4.90 Å². The molecule has 10 aromatic rings. The summed E-state index contributed by atoms with van der Waals surface area (Å²) in [7, 11) is 0. The monoisotopic (exact) mass is 863 g/mol. The fraction of sp³-hybridized carbons (Fsp3) is 0.111. The number of nitrogens with zero attached hydrogens (tertiary/aromatic N) is 3. The summed E-state index contributed by atoms with van der Waals surface area (Å²) in [6.07, 6.45) is 16.7. The lowest BCUT2D eigenvalue weighted by Crippen LogP contribution is -2.37. The lowest BCUT2D eigenvalue weighted by Gasteiger charge is -2.45. The molecule has 4 nitrogen and oxygen atoms in total. The topological polar surface area (TPSA) is 22.3 Å². The second-order valence-corrected chi connectivity index (χ2v) is 17.9. The average Bonchev–Trinajstić information content (AvgIpc) is 3.92. The van der Waals surface area contributed by atoms with E-state index >= 15 is 0 Å². The number of allylic oxidation sites excluding steroid dienone is 5. The molecule has 67 heavy (non-hydrogen) atoms. The number of hydrogen-bond donors (Lipinski definition) is 0. The van der Waals surface area contributed by atoms with Gasteiger partial charge < -0.3 is 18.8 Å². The third-order valence-corrected chi connectivity index (χ3v) is 14.6. The Bertz CT molecular complexity index is 3680. The van der Waals surface area contributed by atoms with Gasteiger partial charge in [-0.25, -0.2) is 0 Å². The van der Waals surface area contributed by atoms with Gasteiger partial charge in [-0.15, -0.1) is 0 Å². The van der Waals surface area contributed by atoms with E-state index in [1.54, 1.807) is 0 Å². The highest BCUT2D eigenvalue weighted by Gasteiger charge is 2.50. The Balaban J connectivity index is 0.00000220. The molecule has 4 aliphatic rings. The van der Waals surface area contributed by atoms with E-state index in [9.17, 15) is 0 Å². The largest absolute Gasteiger partial charge is 0.457 e. The maximum Gasteiger partial charge on any atom is 0.134 e. The molecule has 0 saturated heterocycles. The molecule has 8 aromatic carbocycles. The zero-order valence-electron chi connectivity index (χ0n) is 37.7. The molecule has 2 unspecified atom stereocenters. The Morgan fingerprint density at radius 2 is 1.27 bits per heavy atom. The van der Waals surface area contributed by atoms with Crippen molar-refractivity contribution in [1.82, 2.24) is 9.13 Å². The lowest BCUT2D eigenvalue weighted by molar-refractivity contribution is 0.434. The first-order chi connectivity index (χ1) is 33.3. The van der Waals surface area contributed by atoms with Crippen LogP contribution in [0, 0.1) is 0 Å². The van der Waals surface area contributed by atoms with Gasteiger partial charge in [-0.1, -0.05) is 159 Å². The molecule has 2 aromatic heterocycles. The van der Waals surface area contributed by atoms with Crippen molar-refractivity contribution in [3.8, 4) is 22.9 Å². The number of rotatable bonds is 5. The molecule has 4 heterocycles. The third-order valence-electron chi connectivity index (χ3n) is 14.6. The van der Waals surface area contributed by atoms with Crippen molar-refractivity contribution < 1.29 is 4.74 Å². The first-order valence-electron chi connectivity index (χ1n) is 23.9. The van der Waals surface area contributed by atoms with Gasteiger partial charge in [0.1, 0.15) is 11.5 Å². The van der Waals surface area contributed by atoms with Crippen LogP contribution in [0.5, 0.6) is 11.5 Å². The number of aromatic nitrogens is 2. The maximum absolute atomic E-state index is 7.13. The van der Waals surface area contributed by atoms with Gasteiger partial charge in [0.05, 0.1) is 27.7 Å². The van der Waals surface area contributed by atoms with E-state index in [0.29, 0.717) is 5.92 Å². The predicted molar refractivity (Wildman–Crippen MR) is 279 cm³/mol. The van der Waals surface area contributed by atoms with Gasteiger partial charge in [-0.05, 0) is 108 Å². The second-order valence-electron chi connectivity index (χ2n) is 17.9. The van der Waals surface area contributed by atoms with Crippen LogP contribution in [0.25, 0.3) is 50.2 Å². The van der Waals surface area contributed by atoms with Crippen molar-refractivity contribution in [3.63, 3.8) is 0 Å². The van der Waals surface area contributed by atoms with Crippen LogP contribution in [-0.4, -0.2) is 9.13 Å². The fourth-order valence-electron chi connectivity index (χ4n) is 11.8. The lowest BCUT2D eigenvalue weighted by atomic mass is 9.62. The highest BCUT2D eigenvalue weighted by Crippen LogP contribution is 2.61. The van der Waals surface area contributed by atoms with E-state index in [4.69, 9.17) is 4.74 Å². The molecular weight excluding hydrogens is 815 g/mol. The van der Waals surface area contributed by atoms with Crippen molar-refractivity contribution in [3.05, 3.63) is 251 Å². The van der Waals surface area contributed by atoms with E-state index in [1.165, 1.54) is 72.0 Å². The zero-order chi connectivity index (χ0) is 44.6. The molecule has 0 bridgehead atoms. The van der Waals surface area contributed by atoms with Crippen LogP contribution in [0.3, 0.4) is 0 Å². The standard InChI is InChI=1S/C61H43N3O.C2H6/c1-3-16-40(17-4-1)41-30-32-43(33-31-41)63-54-26-11-7-20-46(54)48-36-34-44(38-57(48)63)62(42-18-5-2-6-19-42)45-35-37-52-59(39-45)65-58-29-14-10-24-51(58)61(52)50-23-9-13-28-56(50)64-55-27-12-8-21-47(55)49-22-15-25-53(61)60(49)64;1-2/h1-6,8-16,18-19,21-40H,7,17,20H2;1-2H3. The van der Waals surface area contributed by atoms with Crippen molar-refractivity contribution in [2.45, 2.75) is 44.4 Å². The van der Waals surface area contributed by atoms with Crippen LogP contribution in [0.2, 0.25) is 0 Å². The summed E-state index contributed by atoms with van der Waals surface area (Å²) in [6, 6.07) is 67.4.